The standard InChI is InChI=1S/C15H15N3O4S/c19-15-5-7-22-14-4-3-12(8-13(14)18-15)23(20,21)17-10-11-2-1-6-16-9-11/h1-4,6,8-9,17H,5,7,10H2,(H,18,19). The van der Waals surface area contributed by atoms with E-state index < -0.39 is 10.0 Å². The molecule has 0 bridgehead atoms. The molecule has 0 saturated heterocycles. The molecule has 1 amide bonds. The van der Waals surface area contributed by atoms with Crippen LogP contribution in [0.2, 0.25) is 0 Å². The zero-order valence-corrected chi connectivity index (χ0v) is 13.0. The van der Waals surface area contributed by atoms with Gasteiger partial charge in [0.25, 0.3) is 0 Å². The number of amides is 1. The van der Waals surface area contributed by atoms with E-state index in [-0.39, 0.29) is 30.4 Å². The van der Waals surface area contributed by atoms with Gasteiger partial charge >= 0.3 is 0 Å². The van der Waals surface area contributed by atoms with Crippen LogP contribution in [0.5, 0.6) is 5.75 Å². The predicted octanol–water partition coefficient (Wildman–Crippen LogP) is 1.28. The summed E-state index contributed by atoms with van der Waals surface area (Å²) in [5.41, 5.74) is 1.11. The number of aromatic nitrogens is 1. The number of pyridine rings is 1. The van der Waals surface area contributed by atoms with Crippen molar-refractivity contribution in [3.05, 3.63) is 48.3 Å². The summed E-state index contributed by atoms with van der Waals surface area (Å²) in [5.74, 6) is 0.253. The first-order valence-electron chi connectivity index (χ1n) is 7.00. The van der Waals surface area contributed by atoms with Gasteiger partial charge in [-0.15, -0.1) is 0 Å². The van der Waals surface area contributed by atoms with Gasteiger partial charge in [0.2, 0.25) is 15.9 Å². The number of benzene rings is 1. The van der Waals surface area contributed by atoms with Gasteiger partial charge in [-0.05, 0) is 29.8 Å². The third-order valence-corrected chi connectivity index (χ3v) is 4.71. The van der Waals surface area contributed by atoms with Crippen LogP contribution in [0, 0.1) is 0 Å². The van der Waals surface area contributed by atoms with Crippen LogP contribution in [0.3, 0.4) is 0 Å². The highest BCUT2D eigenvalue weighted by atomic mass is 32.2. The number of hydrogen-bond acceptors (Lipinski definition) is 5. The fraction of sp³-hybridized carbons (Fsp3) is 0.200. The molecule has 8 heteroatoms. The van der Waals surface area contributed by atoms with Crippen LogP contribution in [0.15, 0.2) is 47.6 Å². The number of anilines is 1. The molecular weight excluding hydrogens is 318 g/mol. The highest BCUT2D eigenvalue weighted by Gasteiger charge is 2.19. The summed E-state index contributed by atoms with van der Waals surface area (Å²) in [6.07, 6.45) is 3.44. The summed E-state index contributed by atoms with van der Waals surface area (Å²) in [6, 6.07) is 7.89. The molecule has 1 aliphatic heterocycles. The average molecular weight is 333 g/mol. The third-order valence-electron chi connectivity index (χ3n) is 3.31. The minimum atomic E-state index is -3.71. The smallest absolute Gasteiger partial charge is 0.240 e. The Kier molecular flexibility index (Phi) is 4.26. The summed E-state index contributed by atoms with van der Waals surface area (Å²) in [5, 5.41) is 2.64. The molecule has 1 aromatic carbocycles. The molecule has 0 saturated carbocycles. The van der Waals surface area contributed by atoms with Crippen molar-refractivity contribution < 1.29 is 17.9 Å². The predicted molar refractivity (Wildman–Crippen MR) is 83.4 cm³/mol. The van der Waals surface area contributed by atoms with E-state index in [1.165, 1.54) is 12.1 Å². The van der Waals surface area contributed by atoms with Crippen LogP contribution in [-0.2, 0) is 21.4 Å². The average Bonchev–Trinajstić information content (AvgIpc) is 2.74. The van der Waals surface area contributed by atoms with Gasteiger partial charge in [-0.2, -0.15) is 0 Å². The topological polar surface area (TPSA) is 97.4 Å². The lowest BCUT2D eigenvalue weighted by Gasteiger charge is -2.11. The number of rotatable bonds is 4. The maximum atomic E-state index is 12.4. The largest absolute Gasteiger partial charge is 0.491 e. The number of ether oxygens (including phenoxy) is 1. The minimum Gasteiger partial charge on any atom is -0.491 e. The molecule has 0 atom stereocenters. The number of carbonyl (C=O) groups is 1. The van der Waals surface area contributed by atoms with Crippen LogP contribution >= 0.6 is 0 Å². The Hall–Kier alpha value is -2.45. The summed E-state index contributed by atoms with van der Waals surface area (Å²) in [7, 11) is -3.71. The molecule has 0 aliphatic carbocycles. The molecule has 0 radical (unpaired) electrons. The van der Waals surface area contributed by atoms with Crippen LogP contribution in [-0.4, -0.2) is 25.9 Å². The van der Waals surface area contributed by atoms with Crippen molar-refractivity contribution in [3.8, 4) is 5.75 Å². The second-order valence-corrected chi connectivity index (χ2v) is 6.76. The molecule has 2 heterocycles. The Labute approximate surface area is 133 Å². The van der Waals surface area contributed by atoms with Crippen LogP contribution in [0.4, 0.5) is 5.69 Å². The van der Waals surface area contributed by atoms with Gasteiger partial charge in [0.15, 0.2) is 0 Å². The summed E-state index contributed by atoms with van der Waals surface area (Å²) >= 11 is 0. The van der Waals surface area contributed by atoms with Crippen molar-refractivity contribution in [3.63, 3.8) is 0 Å². The Morgan fingerprint density at radius 2 is 2.17 bits per heavy atom. The molecule has 2 aromatic rings. The number of sulfonamides is 1. The molecule has 2 N–H and O–H groups in total. The van der Waals surface area contributed by atoms with E-state index in [4.69, 9.17) is 4.74 Å². The van der Waals surface area contributed by atoms with Gasteiger partial charge in [-0.25, -0.2) is 13.1 Å². The van der Waals surface area contributed by atoms with Gasteiger partial charge < -0.3 is 10.1 Å². The molecule has 1 aliphatic rings. The molecule has 1 aromatic heterocycles. The summed E-state index contributed by atoms with van der Waals surface area (Å²) < 4.78 is 32.7. The van der Waals surface area contributed by atoms with Crippen molar-refractivity contribution in [1.82, 2.24) is 9.71 Å². The monoisotopic (exact) mass is 333 g/mol. The zero-order valence-electron chi connectivity index (χ0n) is 12.2. The quantitative estimate of drug-likeness (QED) is 0.878. The molecule has 0 spiro atoms. The second-order valence-electron chi connectivity index (χ2n) is 4.99. The lowest BCUT2D eigenvalue weighted by atomic mass is 10.3. The van der Waals surface area contributed by atoms with Crippen molar-refractivity contribution >= 4 is 21.6 Å². The first kappa shape index (κ1) is 15.4. The maximum absolute atomic E-state index is 12.4. The molecule has 120 valence electrons. The van der Waals surface area contributed by atoms with Crippen LogP contribution in [0.1, 0.15) is 12.0 Å². The van der Waals surface area contributed by atoms with E-state index >= 15 is 0 Å². The first-order valence-corrected chi connectivity index (χ1v) is 8.48. The summed E-state index contributed by atoms with van der Waals surface area (Å²) in [4.78, 5) is 15.6. The number of fused-ring (bicyclic) bond motifs is 1. The highest BCUT2D eigenvalue weighted by molar-refractivity contribution is 7.89. The van der Waals surface area contributed by atoms with Gasteiger partial charge in [-0.3, -0.25) is 9.78 Å². The molecular formula is C15H15N3O4S. The van der Waals surface area contributed by atoms with Crippen LogP contribution < -0.4 is 14.8 Å². The van der Waals surface area contributed by atoms with Gasteiger partial charge in [0, 0.05) is 18.9 Å². The number of nitrogens with zero attached hydrogens (tertiary/aromatic N) is 1. The maximum Gasteiger partial charge on any atom is 0.240 e. The first-order chi connectivity index (χ1) is 11.0. The van der Waals surface area contributed by atoms with Gasteiger partial charge in [0.1, 0.15) is 5.75 Å². The van der Waals surface area contributed by atoms with E-state index in [0.717, 1.165) is 5.56 Å². The van der Waals surface area contributed by atoms with E-state index in [9.17, 15) is 13.2 Å². The number of carbonyl (C=O) groups excluding carboxylic acids is 1. The normalized spacial score (nSPS) is 14.3. The Morgan fingerprint density at radius 3 is 2.96 bits per heavy atom. The SMILES string of the molecule is O=C1CCOc2ccc(S(=O)(=O)NCc3cccnc3)cc2N1. The van der Waals surface area contributed by atoms with Gasteiger partial charge in [0.05, 0.1) is 23.6 Å². The van der Waals surface area contributed by atoms with E-state index in [1.54, 1.807) is 30.6 Å². The van der Waals surface area contributed by atoms with Gasteiger partial charge in [-0.1, -0.05) is 6.07 Å². The van der Waals surface area contributed by atoms with E-state index in [2.05, 4.69) is 15.0 Å². The van der Waals surface area contributed by atoms with E-state index in [0.29, 0.717) is 11.4 Å². The second kappa shape index (κ2) is 6.35. The van der Waals surface area contributed by atoms with Crippen molar-refractivity contribution in [2.24, 2.45) is 0 Å². The Balaban J connectivity index is 1.81. The number of nitrogens with one attached hydrogen (secondary N) is 2. The fourth-order valence-corrected chi connectivity index (χ4v) is 3.17. The molecule has 23 heavy (non-hydrogen) atoms. The van der Waals surface area contributed by atoms with Crippen LogP contribution in [0.25, 0.3) is 0 Å². The molecule has 0 fully saturated rings. The Bertz CT molecular complexity index is 822. The molecule has 7 nitrogen and oxygen atoms in total. The van der Waals surface area contributed by atoms with E-state index in [1.807, 2.05) is 0 Å². The third kappa shape index (κ3) is 3.66. The lowest BCUT2D eigenvalue weighted by Crippen LogP contribution is -2.23. The number of hydrogen-bond donors (Lipinski definition) is 2. The molecule has 0 unspecified atom stereocenters. The lowest BCUT2D eigenvalue weighted by molar-refractivity contribution is -0.116. The molecule has 3 rings (SSSR count). The van der Waals surface area contributed by atoms with Crippen molar-refractivity contribution in [2.75, 3.05) is 11.9 Å². The summed E-state index contributed by atoms with van der Waals surface area (Å²) in [6.45, 7) is 0.403. The highest BCUT2D eigenvalue weighted by Crippen LogP contribution is 2.29. The minimum absolute atomic E-state index is 0.0611. The zero-order chi connectivity index (χ0) is 16.3. The van der Waals surface area contributed by atoms with Crippen molar-refractivity contribution in [1.29, 1.82) is 0 Å². The fourth-order valence-electron chi connectivity index (χ4n) is 2.13. The van der Waals surface area contributed by atoms with Crippen molar-refractivity contribution in [2.45, 2.75) is 17.9 Å². The Morgan fingerprint density at radius 1 is 1.30 bits per heavy atom.